The quantitative estimate of drug-likeness (QED) is 0.123. The van der Waals surface area contributed by atoms with Crippen molar-refractivity contribution in [1.82, 2.24) is 15.0 Å². The van der Waals surface area contributed by atoms with Crippen LogP contribution in [-0.2, 0) is 32.5 Å². The standard InChI is InChI=1S/C21H14F6N2O2.C21H19N6.Ir/c1-29(2)15-11-18(30-16-7-3-5-13(9-16)20(22,23)24)28-19(12-15)31-17-8-4-6-14(10-17)21(25,26)27;1-14-10-15(2)19(27-13-25(3)17-7-5-9-23-21(17)27)11-18(14)26-12-24-16-6-4-8-22-20(16)26;/h3-6,9-12H,1-2H3;4-10,12-13,24H,1-3H3;/q-2;-3;. The number of aromatic nitrogens is 3. The molecular formula is C42H33F6IrN8O2-5. The van der Waals surface area contributed by atoms with Crippen molar-refractivity contribution in [1.29, 1.82) is 0 Å². The van der Waals surface area contributed by atoms with Gasteiger partial charge in [-0.1, -0.05) is 36.3 Å². The maximum atomic E-state index is 12.9. The molecule has 59 heavy (non-hydrogen) atoms. The van der Waals surface area contributed by atoms with Gasteiger partial charge in [-0.3, -0.25) is 0 Å². The smallest absolute Gasteiger partial charge is 0.394 e. The molecule has 0 atom stereocenters. The molecule has 309 valence electrons. The van der Waals surface area contributed by atoms with E-state index in [0.717, 1.165) is 81.9 Å². The van der Waals surface area contributed by atoms with Gasteiger partial charge in [0.2, 0.25) is 11.8 Å². The molecule has 3 aromatic heterocycles. The molecule has 2 aliphatic heterocycles. The number of aryl methyl sites for hydroxylation is 2. The van der Waals surface area contributed by atoms with Crippen LogP contribution in [0.25, 0.3) is 0 Å². The van der Waals surface area contributed by atoms with Gasteiger partial charge >= 0.3 is 12.4 Å². The molecule has 0 unspecified atom stereocenters. The Morgan fingerprint density at radius 3 is 1.83 bits per heavy atom. The second-order valence-corrected chi connectivity index (χ2v) is 13.3. The molecule has 17 heteroatoms. The molecule has 8 rings (SSSR count). The maximum absolute atomic E-state index is 12.9. The van der Waals surface area contributed by atoms with E-state index in [1.807, 2.05) is 49.7 Å². The third-order valence-electron chi connectivity index (χ3n) is 8.84. The van der Waals surface area contributed by atoms with Crippen molar-refractivity contribution in [2.24, 2.45) is 0 Å². The molecule has 0 saturated carbocycles. The van der Waals surface area contributed by atoms with Crippen molar-refractivity contribution in [2.75, 3.05) is 46.1 Å². The summed E-state index contributed by atoms with van der Waals surface area (Å²) in [5, 5.41) is 3.28. The fourth-order valence-corrected chi connectivity index (χ4v) is 6.06. The van der Waals surface area contributed by atoms with Gasteiger partial charge in [0, 0.05) is 87.3 Å². The van der Waals surface area contributed by atoms with E-state index in [1.165, 1.54) is 12.1 Å². The minimum absolute atomic E-state index is 0. The van der Waals surface area contributed by atoms with Crippen LogP contribution in [0.1, 0.15) is 22.3 Å². The van der Waals surface area contributed by atoms with Crippen molar-refractivity contribution in [3.63, 3.8) is 0 Å². The second kappa shape index (κ2) is 17.0. The Balaban J connectivity index is 0.000000196. The fraction of sp³-hybridized carbons (Fsp3) is 0.167. The third kappa shape index (κ3) is 9.47. The zero-order valence-corrected chi connectivity index (χ0v) is 34.3. The normalized spacial score (nSPS) is 13.1. The van der Waals surface area contributed by atoms with Crippen LogP contribution in [0.5, 0.6) is 23.3 Å². The van der Waals surface area contributed by atoms with Crippen molar-refractivity contribution in [3.05, 3.63) is 145 Å². The minimum atomic E-state index is -4.57. The van der Waals surface area contributed by atoms with E-state index in [2.05, 4.69) is 74.2 Å². The van der Waals surface area contributed by atoms with E-state index < -0.39 is 23.5 Å². The number of benzene rings is 3. The zero-order chi connectivity index (χ0) is 41.4. The second-order valence-electron chi connectivity index (χ2n) is 13.3. The summed E-state index contributed by atoms with van der Waals surface area (Å²) in [5.74, 6) is 1.04. The van der Waals surface area contributed by atoms with Gasteiger partial charge in [0.05, 0.1) is 0 Å². The Hall–Kier alpha value is -6.06. The molecule has 1 radical (unpaired) electrons. The number of halogens is 6. The Morgan fingerprint density at radius 1 is 0.729 bits per heavy atom. The molecular weight excluding hydrogens is 955 g/mol. The first kappa shape index (κ1) is 42.5. The van der Waals surface area contributed by atoms with Crippen LogP contribution in [-0.4, -0.2) is 36.1 Å². The molecule has 0 spiro atoms. The van der Waals surface area contributed by atoms with Crippen LogP contribution in [0, 0.1) is 45.4 Å². The van der Waals surface area contributed by atoms with Crippen molar-refractivity contribution in [3.8, 4) is 23.3 Å². The molecule has 0 aliphatic carbocycles. The largest absolute Gasteiger partial charge is 0.513 e. The molecule has 0 amide bonds. The summed E-state index contributed by atoms with van der Waals surface area (Å²) < 4.78 is 88.2. The summed E-state index contributed by atoms with van der Waals surface area (Å²) in [4.78, 5) is 21.0. The average molecular weight is 988 g/mol. The number of nitrogens with zero attached hydrogens (tertiary/aromatic N) is 7. The summed E-state index contributed by atoms with van der Waals surface area (Å²) in [6.07, 6.45) is -5.51. The SMILES string of the molecule is CN(C)c1cc(Oc2[c-]ccc(C(F)(F)F)c2)nc(Oc2[c-]ccc(C(F)(F)F)c2)c1.Cc1cc(C)c(N2[CH-]N(C)c3cccnc32)[c-]c1N1[CH-]Nc2cccnc21.[Ir]. The number of nitrogens with one attached hydrogen (secondary N) is 1. The van der Waals surface area contributed by atoms with Crippen molar-refractivity contribution >= 4 is 40.1 Å². The molecule has 2 aliphatic rings. The summed E-state index contributed by atoms with van der Waals surface area (Å²) in [6, 6.07) is 27.0. The van der Waals surface area contributed by atoms with Gasteiger partial charge in [-0.15, -0.1) is 41.5 Å². The molecule has 5 heterocycles. The number of pyridine rings is 3. The predicted molar refractivity (Wildman–Crippen MR) is 207 cm³/mol. The monoisotopic (exact) mass is 988 g/mol. The maximum Gasteiger partial charge on any atom is 0.394 e. The van der Waals surface area contributed by atoms with E-state index >= 15 is 0 Å². The van der Waals surface area contributed by atoms with Gasteiger partial charge in [-0.2, -0.15) is 75.0 Å². The molecule has 0 saturated heterocycles. The van der Waals surface area contributed by atoms with Crippen molar-refractivity contribution in [2.45, 2.75) is 26.2 Å². The number of alkyl halides is 6. The fourth-order valence-electron chi connectivity index (χ4n) is 6.06. The summed E-state index contributed by atoms with van der Waals surface area (Å²) >= 11 is 0. The van der Waals surface area contributed by atoms with Gasteiger partial charge < -0.3 is 34.4 Å². The van der Waals surface area contributed by atoms with Crippen LogP contribution in [0.2, 0.25) is 0 Å². The van der Waals surface area contributed by atoms with Crippen LogP contribution in [0.15, 0.2) is 91.3 Å². The van der Waals surface area contributed by atoms with Gasteiger partial charge in [0.25, 0.3) is 0 Å². The molecule has 3 aromatic carbocycles. The number of hydrogen-bond donors (Lipinski definition) is 1. The number of hydrogen-bond acceptors (Lipinski definition) is 10. The van der Waals surface area contributed by atoms with Crippen molar-refractivity contribution < 1.29 is 55.9 Å². The molecule has 6 aromatic rings. The number of fused-ring (bicyclic) bond motifs is 2. The molecule has 1 N–H and O–H groups in total. The van der Waals surface area contributed by atoms with Gasteiger partial charge in [-0.25, -0.2) is 9.97 Å². The topological polar surface area (TPSA) is 82.1 Å². The Bertz CT molecular complexity index is 2370. The predicted octanol–water partition coefficient (Wildman–Crippen LogP) is 10.7. The van der Waals surface area contributed by atoms with E-state index in [-0.39, 0.29) is 43.4 Å². The van der Waals surface area contributed by atoms with Gasteiger partial charge in [0.15, 0.2) is 0 Å². The Kier molecular flexibility index (Phi) is 12.3. The van der Waals surface area contributed by atoms with Crippen LogP contribution in [0.4, 0.5) is 66.4 Å². The molecule has 10 nitrogen and oxygen atoms in total. The van der Waals surface area contributed by atoms with E-state index in [9.17, 15) is 26.3 Å². The van der Waals surface area contributed by atoms with Crippen LogP contribution >= 0.6 is 0 Å². The Morgan fingerprint density at radius 2 is 1.27 bits per heavy atom. The van der Waals surface area contributed by atoms with E-state index in [1.54, 1.807) is 25.2 Å². The Labute approximate surface area is 350 Å². The summed E-state index contributed by atoms with van der Waals surface area (Å²) in [7, 11) is 5.38. The van der Waals surface area contributed by atoms with Gasteiger partial charge in [0.1, 0.15) is 11.6 Å². The van der Waals surface area contributed by atoms with Crippen LogP contribution in [0.3, 0.4) is 0 Å². The average Bonchev–Trinajstić information content (AvgIpc) is 3.76. The van der Waals surface area contributed by atoms with E-state index in [0.29, 0.717) is 5.69 Å². The first-order chi connectivity index (χ1) is 27.5. The van der Waals surface area contributed by atoms with Gasteiger partial charge in [-0.05, 0) is 31.3 Å². The zero-order valence-electron chi connectivity index (χ0n) is 31.9. The molecule has 0 bridgehead atoms. The summed E-state index contributed by atoms with van der Waals surface area (Å²) in [5.41, 5.74) is 4.94. The van der Waals surface area contributed by atoms with E-state index in [4.69, 9.17) is 9.47 Å². The van der Waals surface area contributed by atoms with Crippen LogP contribution < -0.4 is 34.4 Å². The number of ether oxygens (including phenoxy) is 2. The third-order valence-corrected chi connectivity index (χ3v) is 8.84. The summed E-state index contributed by atoms with van der Waals surface area (Å²) in [6.45, 7) is 8.19. The number of rotatable bonds is 7. The minimum Gasteiger partial charge on any atom is -0.513 e. The first-order valence-electron chi connectivity index (χ1n) is 17.5. The first-order valence-corrected chi connectivity index (χ1v) is 17.5. The molecule has 0 fully saturated rings. The number of anilines is 7.